The van der Waals surface area contributed by atoms with Gasteiger partial charge in [-0.2, -0.15) is 0 Å². The van der Waals surface area contributed by atoms with Crippen LogP contribution in [0.25, 0.3) is 6.08 Å². The zero-order valence-corrected chi connectivity index (χ0v) is 21.3. The van der Waals surface area contributed by atoms with Gasteiger partial charge in [-0.15, -0.1) is 0 Å². The smallest absolute Gasteiger partial charge is 0.264 e. The first-order valence-corrected chi connectivity index (χ1v) is 12.3. The summed E-state index contributed by atoms with van der Waals surface area (Å²) in [6.45, 7) is 2.76. The number of amidine groups is 1. The van der Waals surface area contributed by atoms with Crippen molar-refractivity contribution in [3.05, 3.63) is 86.7 Å². The molecule has 0 aromatic heterocycles. The molecule has 0 atom stereocenters. The summed E-state index contributed by atoms with van der Waals surface area (Å²) in [5.74, 6) is 1.53. The van der Waals surface area contributed by atoms with Crippen LogP contribution in [0.5, 0.6) is 17.2 Å². The third-order valence-electron chi connectivity index (χ3n) is 4.89. The van der Waals surface area contributed by atoms with Gasteiger partial charge in [0.2, 0.25) is 0 Å². The highest BCUT2D eigenvalue weighted by Gasteiger charge is 2.24. The minimum atomic E-state index is -0.240. The monoisotopic (exact) mass is 528 g/mol. The van der Waals surface area contributed by atoms with Gasteiger partial charge in [-0.1, -0.05) is 41.4 Å². The van der Waals surface area contributed by atoms with Crippen LogP contribution in [0.4, 0.5) is 5.69 Å². The Morgan fingerprint density at radius 1 is 0.943 bits per heavy atom. The van der Waals surface area contributed by atoms with Crippen LogP contribution in [0.1, 0.15) is 18.1 Å². The maximum Gasteiger partial charge on any atom is 0.264 e. The number of amides is 1. The Labute approximate surface area is 217 Å². The molecule has 1 N–H and O–H groups in total. The molecule has 1 saturated heterocycles. The highest BCUT2D eigenvalue weighted by molar-refractivity contribution is 8.18. The molecule has 6 nitrogen and oxygen atoms in total. The Kier molecular flexibility index (Phi) is 8.23. The first-order valence-electron chi connectivity index (χ1n) is 10.7. The van der Waals surface area contributed by atoms with E-state index >= 15 is 0 Å². The van der Waals surface area contributed by atoms with E-state index in [-0.39, 0.29) is 5.91 Å². The van der Waals surface area contributed by atoms with E-state index in [9.17, 15) is 4.79 Å². The average Bonchev–Trinajstić information content (AvgIpc) is 3.18. The minimum Gasteiger partial charge on any atom is -0.494 e. The summed E-state index contributed by atoms with van der Waals surface area (Å²) in [5, 5.41) is 4.42. The van der Waals surface area contributed by atoms with Gasteiger partial charge in [0.15, 0.2) is 16.7 Å². The molecule has 1 aliphatic heterocycles. The molecule has 3 aromatic carbocycles. The zero-order chi connectivity index (χ0) is 24.8. The lowest BCUT2D eigenvalue weighted by molar-refractivity contribution is -0.115. The maximum atomic E-state index is 12.6. The van der Waals surface area contributed by atoms with Gasteiger partial charge in [0, 0.05) is 10.0 Å². The van der Waals surface area contributed by atoms with E-state index in [2.05, 4.69) is 10.3 Å². The molecule has 0 saturated carbocycles. The molecule has 0 spiro atoms. The largest absolute Gasteiger partial charge is 0.494 e. The predicted molar refractivity (Wildman–Crippen MR) is 142 cm³/mol. The van der Waals surface area contributed by atoms with Crippen molar-refractivity contribution in [2.45, 2.75) is 13.5 Å². The maximum absolute atomic E-state index is 12.6. The quantitative estimate of drug-likeness (QED) is 0.323. The fourth-order valence-electron chi connectivity index (χ4n) is 3.24. The van der Waals surface area contributed by atoms with E-state index in [1.807, 2.05) is 49.4 Å². The number of hydrogen-bond acceptors (Lipinski definition) is 6. The SMILES string of the molecule is CCOc1cc(/C=C2\SC(=Nc3cc(Cl)ccc3OC)NC2=O)ccc1OCc1ccc(Cl)cc1. The number of thioether (sulfide) groups is 1. The molecule has 1 amide bonds. The highest BCUT2D eigenvalue weighted by atomic mass is 35.5. The lowest BCUT2D eigenvalue weighted by atomic mass is 10.2. The second kappa shape index (κ2) is 11.5. The fraction of sp³-hybridized carbons (Fsp3) is 0.154. The second-order valence-electron chi connectivity index (χ2n) is 7.35. The lowest BCUT2D eigenvalue weighted by Gasteiger charge is -2.13. The van der Waals surface area contributed by atoms with Crippen LogP contribution in [-0.4, -0.2) is 24.8 Å². The normalized spacial score (nSPS) is 15.4. The number of carbonyl (C=O) groups excluding carboxylic acids is 1. The molecule has 1 fully saturated rings. The van der Waals surface area contributed by atoms with Crippen LogP contribution < -0.4 is 19.5 Å². The summed E-state index contributed by atoms with van der Waals surface area (Å²) in [5.41, 5.74) is 2.32. The van der Waals surface area contributed by atoms with Crippen molar-refractivity contribution >= 4 is 57.8 Å². The van der Waals surface area contributed by atoms with Crippen LogP contribution in [0.15, 0.2) is 70.6 Å². The molecule has 1 aliphatic rings. The zero-order valence-electron chi connectivity index (χ0n) is 19.0. The van der Waals surface area contributed by atoms with E-state index < -0.39 is 0 Å². The minimum absolute atomic E-state index is 0.240. The standard InChI is InChI=1S/C26H22Cl2N2O4S/c1-3-33-23-12-17(6-10-22(23)34-15-16-4-7-18(27)8-5-16)13-24-25(31)30-26(35-24)29-20-14-19(28)9-11-21(20)32-2/h4-14H,3,15H2,1-2H3,(H,29,30,31)/b24-13-. The Balaban J connectivity index is 1.52. The number of hydrogen-bond donors (Lipinski definition) is 1. The molecular weight excluding hydrogens is 507 g/mol. The van der Waals surface area contributed by atoms with Crippen molar-refractivity contribution in [2.24, 2.45) is 4.99 Å². The number of nitrogens with zero attached hydrogens (tertiary/aromatic N) is 1. The number of methoxy groups -OCH3 is 1. The van der Waals surface area contributed by atoms with Crippen molar-refractivity contribution in [3.8, 4) is 17.2 Å². The molecular formula is C26H22Cl2N2O4S. The summed E-state index contributed by atoms with van der Waals surface area (Å²) >= 11 is 13.3. The lowest BCUT2D eigenvalue weighted by Crippen LogP contribution is -2.19. The van der Waals surface area contributed by atoms with Gasteiger partial charge in [-0.3, -0.25) is 4.79 Å². The van der Waals surface area contributed by atoms with Crippen molar-refractivity contribution in [3.63, 3.8) is 0 Å². The summed E-state index contributed by atoms with van der Waals surface area (Å²) < 4.78 is 17.1. The molecule has 4 rings (SSSR count). The molecule has 180 valence electrons. The first-order chi connectivity index (χ1) is 16.9. The van der Waals surface area contributed by atoms with E-state index in [1.54, 1.807) is 31.4 Å². The van der Waals surface area contributed by atoms with Gasteiger partial charge in [-0.25, -0.2) is 4.99 Å². The van der Waals surface area contributed by atoms with E-state index in [0.29, 0.717) is 56.3 Å². The second-order valence-corrected chi connectivity index (χ2v) is 9.26. The molecule has 1 heterocycles. The average molecular weight is 529 g/mol. The Morgan fingerprint density at radius 2 is 1.69 bits per heavy atom. The Bertz CT molecular complexity index is 1290. The third-order valence-corrected chi connectivity index (χ3v) is 6.28. The number of rotatable bonds is 8. The first kappa shape index (κ1) is 25.0. The van der Waals surface area contributed by atoms with Crippen molar-refractivity contribution in [2.75, 3.05) is 13.7 Å². The fourth-order valence-corrected chi connectivity index (χ4v) is 4.36. The van der Waals surface area contributed by atoms with Gasteiger partial charge in [0.25, 0.3) is 5.91 Å². The summed E-state index contributed by atoms with van der Waals surface area (Å²) in [7, 11) is 1.55. The van der Waals surface area contributed by atoms with Gasteiger partial charge >= 0.3 is 0 Å². The van der Waals surface area contributed by atoms with Crippen LogP contribution in [0, 0.1) is 0 Å². The number of carbonyl (C=O) groups is 1. The molecule has 9 heteroatoms. The summed E-state index contributed by atoms with van der Waals surface area (Å²) in [6.07, 6.45) is 1.78. The van der Waals surface area contributed by atoms with Crippen LogP contribution in [-0.2, 0) is 11.4 Å². The third kappa shape index (κ3) is 6.51. The number of nitrogens with one attached hydrogen (secondary N) is 1. The molecule has 0 unspecified atom stereocenters. The van der Waals surface area contributed by atoms with Crippen LogP contribution in [0.2, 0.25) is 10.0 Å². The topological polar surface area (TPSA) is 69.2 Å². The Hall–Kier alpha value is -3.13. The summed E-state index contributed by atoms with van der Waals surface area (Å²) in [6, 6.07) is 18.1. The number of benzene rings is 3. The van der Waals surface area contributed by atoms with E-state index in [4.69, 9.17) is 37.4 Å². The van der Waals surface area contributed by atoms with Gasteiger partial charge in [0.1, 0.15) is 18.0 Å². The number of halogens is 2. The number of aliphatic imine (C=N–C) groups is 1. The van der Waals surface area contributed by atoms with Gasteiger partial charge in [-0.05, 0) is 78.4 Å². The predicted octanol–water partition coefficient (Wildman–Crippen LogP) is 6.87. The molecule has 0 radical (unpaired) electrons. The highest BCUT2D eigenvalue weighted by Crippen LogP contribution is 2.35. The van der Waals surface area contributed by atoms with E-state index in [0.717, 1.165) is 11.1 Å². The van der Waals surface area contributed by atoms with Crippen LogP contribution >= 0.6 is 35.0 Å². The Morgan fingerprint density at radius 3 is 2.43 bits per heavy atom. The van der Waals surface area contributed by atoms with Gasteiger partial charge < -0.3 is 19.5 Å². The van der Waals surface area contributed by atoms with Crippen molar-refractivity contribution in [1.82, 2.24) is 5.32 Å². The summed E-state index contributed by atoms with van der Waals surface area (Å²) in [4.78, 5) is 17.6. The molecule has 0 aliphatic carbocycles. The van der Waals surface area contributed by atoms with Gasteiger partial charge in [0.05, 0.1) is 18.6 Å². The molecule has 0 bridgehead atoms. The van der Waals surface area contributed by atoms with Crippen molar-refractivity contribution < 1.29 is 19.0 Å². The molecule has 3 aromatic rings. The number of ether oxygens (including phenoxy) is 3. The van der Waals surface area contributed by atoms with Crippen LogP contribution in [0.3, 0.4) is 0 Å². The molecule has 35 heavy (non-hydrogen) atoms. The van der Waals surface area contributed by atoms with E-state index in [1.165, 1.54) is 11.8 Å². The van der Waals surface area contributed by atoms with Crippen molar-refractivity contribution in [1.29, 1.82) is 0 Å².